The maximum absolute atomic E-state index is 11.1. The molecule has 0 fully saturated rings. The minimum atomic E-state index is -3.68. The van der Waals surface area contributed by atoms with Crippen molar-refractivity contribution in [3.05, 3.63) is 58.6 Å². The van der Waals surface area contributed by atoms with Crippen LogP contribution < -0.4 is 4.74 Å². The summed E-state index contributed by atoms with van der Waals surface area (Å²) in [5.74, 6) is 0.583. The second kappa shape index (κ2) is 5.94. The van der Waals surface area contributed by atoms with E-state index < -0.39 is 9.05 Å². The van der Waals surface area contributed by atoms with Crippen LogP contribution in [0.15, 0.2) is 57.9 Å². The minimum Gasteiger partial charge on any atom is -0.489 e. The molecule has 0 unspecified atom stereocenters. The third-order valence-corrected chi connectivity index (χ3v) is 4.60. The number of rotatable bonds is 4. The first-order valence-electron chi connectivity index (χ1n) is 5.38. The molecule has 0 bridgehead atoms. The van der Waals surface area contributed by atoms with Gasteiger partial charge in [0.2, 0.25) is 0 Å². The molecule has 19 heavy (non-hydrogen) atoms. The van der Waals surface area contributed by atoms with Gasteiger partial charge in [-0.15, -0.1) is 0 Å². The summed E-state index contributed by atoms with van der Waals surface area (Å²) in [5, 5.41) is 0. The summed E-state index contributed by atoms with van der Waals surface area (Å²) >= 11 is 3.43. The Morgan fingerprint density at radius 2 is 1.68 bits per heavy atom. The van der Waals surface area contributed by atoms with Crippen LogP contribution >= 0.6 is 26.6 Å². The Balaban J connectivity index is 2.07. The van der Waals surface area contributed by atoms with E-state index in [0.717, 1.165) is 10.0 Å². The van der Waals surface area contributed by atoms with Gasteiger partial charge in [-0.2, -0.15) is 0 Å². The van der Waals surface area contributed by atoms with Gasteiger partial charge < -0.3 is 4.74 Å². The lowest BCUT2D eigenvalue weighted by atomic mass is 10.2. The summed E-state index contributed by atoms with van der Waals surface area (Å²) in [6.45, 7) is 0.397. The maximum atomic E-state index is 11.1. The molecule has 3 nitrogen and oxygen atoms in total. The molecule has 0 aliphatic heterocycles. The van der Waals surface area contributed by atoms with E-state index in [2.05, 4.69) is 15.9 Å². The predicted molar refractivity (Wildman–Crippen MR) is 78.0 cm³/mol. The van der Waals surface area contributed by atoms with Crippen molar-refractivity contribution in [1.82, 2.24) is 0 Å². The monoisotopic (exact) mass is 360 g/mol. The molecule has 0 saturated heterocycles. The number of benzene rings is 2. The SMILES string of the molecule is O=S(=O)(Cl)c1ccc(OCc2ccccc2Br)cc1. The zero-order valence-electron chi connectivity index (χ0n) is 9.71. The molecule has 0 heterocycles. The van der Waals surface area contributed by atoms with Gasteiger partial charge in [0.05, 0.1) is 4.90 Å². The van der Waals surface area contributed by atoms with Crippen LogP contribution in [-0.4, -0.2) is 8.42 Å². The van der Waals surface area contributed by atoms with E-state index in [1.807, 2.05) is 24.3 Å². The highest BCUT2D eigenvalue weighted by Crippen LogP contribution is 2.21. The second-order valence-electron chi connectivity index (χ2n) is 3.79. The van der Waals surface area contributed by atoms with Gasteiger partial charge in [-0.1, -0.05) is 34.1 Å². The largest absolute Gasteiger partial charge is 0.489 e. The summed E-state index contributed by atoms with van der Waals surface area (Å²) in [6, 6.07) is 13.7. The van der Waals surface area contributed by atoms with E-state index in [1.54, 1.807) is 12.1 Å². The van der Waals surface area contributed by atoms with Gasteiger partial charge in [0.25, 0.3) is 9.05 Å². The molecule has 100 valence electrons. The first kappa shape index (κ1) is 14.4. The molecule has 0 atom stereocenters. The summed E-state index contributed by atoms with van der Waals surface area (Å²) in [7, 11) is 1.55. The normalized spacial score (nSPS) is 11.3. The van der Waals surface area contributed by atoms with Crippen LogP contribution in [0.5, 0.6) is 5.75 Å². The quantitative estimate of drug-likeness (QED) is 0.774. The van der Waals surface area contributed by atoms with Gasteiger partial charge in [-0.05, 0) is 30.3 Å². The fourth-order valence-electron chi connectivity index (χ4n) is 1.47. The Hall–Kier alpha value is -1.04. The fraction of sp³-hybridized carbons (Fsp3) is 0.0769. The highest BCUT2D eigenvalue weighted by molar-refractivity contribution is 9.10. The van der Waals surface area contributed by atoms with Crippen molar-refractivity contribution in [3.63, 3.8) is 0 Å². The van der Waals surface area contributed by atoms with Crippen molar-refractivity contribution >= 4 is 35.7 Å². The van der Waals surface area contributed by atoms with Gasteiger partial charge in [0.15, 0.2) is 0 Å². The standard InChI is InChI=1S/C13H10BrClO3S/c14-13-4-2-1-3-10(13)9-18-11-5-7-12(8-6-11)19(15,16)17/h1-8H,9H2. The Morgan fingerprint density at radius 3 is 2.26 bits per heavy atom. The highest BCUT2D eigenvalue weighted by atomic mass is 79.9. The predicted octanol–water partition coefficient (Wildman–Crippen LogP) is 3.96. The maximum Gasteiger partial charge on any atom is 0.261 e. The molecule has 6 heteroatoms. The van der Waals surface area contributed by atoms with Crippen molar-refractivity contribution < 1.29 is 13.2 Å². The van der Waals surface area contributed by atoms with Crippen LogP contribution in [0.1, 0.15) is 5.56 Å². The van der Waals surface area contributed by atoms with E-state index in [0.29, 0.717) is 12.4 Å². The zero-order chi connectivity index (χ0) is 13.9. The van der Waals surface area contributed by atoms with Crippen molar-refractivity contribution in [3.8, 4) is 5.75 Å². The first-order chi connectivity index (χ1) is 8.97. The van der Waals surface area contributed by atoms with Crippen molar-refractivity contribution in [2.75, 3.05) is 0 Å². The molecular weight excluding hydrogens is 352 g/mol. The van der Waals surface area contributed by atoms with Crippen LogP contribution in [0.25, 0.3) is 0 Å². The van der Waals surface area contributed by atoms with Crippen LogP contribution in [0, 0.1) is 0 Å². The Kier molecular flexibility index (Phi) is 4.50. The second-order valence-corrected chi connectivity index (χ2v) is 7.21. The lowest BCUT2D eigenvalue weighted by Crippen LogP contribution is -1.97. The molecule has 0 aromatic heterocycles. The van der Waals surface area contributed by atoms with E-state index in [-0.39, 0.29) is 4.90 Å². The van der Waals surface area contributed by atoms with Crippen molar-refractivity contribution in [2.24, 2.45) is 0 Å². The Morgan fingerprint density at radius 1 is 1.05 bits per heavy atom. The molecular formula is C13H10BrClO3S. The molecule has 0 radical (unpaired) electrons. The van der Waals surface area contributed by atoms with Gasteiger partial charge in [0.1, 0.15) is 12.4 Å². The van der Waals surface area contributed by atoms with Gasteiger partial charge in [0, 0.05) is 20.7 Å². The number of ether oxygens (including phenoxy) is 1. The van der Waals surface area contributed by atoms with Crippen molar-refractivity contribution in [1.29, 1.82) is 0 Å². The molecule has 0 aliphatic rings. The van der Waals surface area contributed by atoms with Crippen LogP contribution in [0.3, 0.4) is 0 Å². The molecule has 0 N–H and O–H groups in total. The van der Waals surface area contributed by atoms with Gasteiger partial charge >= 0.3 is 0 Å². The number of hydrogen-bond acceptors (Lipinski definition) is 3. The zero-order valence-corrected chi connectivity index (χ0v) is 12.9. The van der Waals surface area contributed by atoms with Crippen LogP contribution in [0.2, 0.25) is 0 Å². The van der Waals surface area contributed by atoms with Crippen LogP contribution in [-0.2, 0) is 15.7 Å². The number of halogens is 2. The first-order valence-corrected chi connectivity index (χ1v) is 8.48. The molecule has 0 saturated carbocycles. The smallest absolute Gasteiger partial charge is 0.261 e. The average molecular weight is 362 g/mol. The summed E-state index contributed by atoms with van der Waals surface area (Å²) in [5.41, 5.74) is 1.01. The third-order valence-electron chi connectivity index (χ3n) is 2.46. The number of hydrogen-bond donors (Lipinski definition) is 0. The molecule has 0 amide bonds. The minimum absolute atomic E-state index is 0.0578. The molecule has 2 aromatic rings. The third kappa shape index (κ3) is 3.96. The van der Waals surface area contributed by atoms with Crippen molar-refractivity contribution in [2.45, 2.75) is 11.5 Å². The summed E-state index contributed by atoms with van der Waals surface area (Å²) in [6.07, 6.45) is 0. The summed E-state index contributed by atoms with van der Waals surface area (Å²) in [4.78, 5) is 0.0578. The molecule has 0 spiro atoms. The Labute approximate surface area is 124 Å². The Bertz CT molecular complexity index is 669. The van der Waals surface area contributed by atoms with Gasteiger partial charge in [-0.25, -0.2) is 8.42 Å². The molecule has 2 rings (SSSR count). The lowest BCUT2D eigenvalue weighted by Gasteiger charge is -2.08. The molecule has 0 aliphatic carbocycles. The van der Waals surface area contributed by atoms with Crippen LogP contribution in [0.4, 0.5) is 0 Å². The molecule has 2 aromatic carbocycles. The van der Waals surface area contributed by atoms with E-state index in [9.17, 15) is 8.42 Å². The fourth-order valence-corrected chi connectivity index (χ4v) is 2.64. The van der Waals surface area contributed by atoms with E-state index in [1.165, 1.54) is 12.1 Å². The van der Waals surface area contributed by atoms with Gasteiger partial charge in [-0.3, -0.25) is 0 Å². The van der Waals surface area contributed by atoms with E-state index >= 15 is 0 Å². The topological polar surface area (TPSA) is 43.4 Å². The highest BCUT2D eigenvalue weighted by Gasteiger charge is 2.09. The lowest BCUT2D eigenvalue weighted by molar-refractivity contribution is 0.305. The summed E-state index contributed by atoms with van der Waals surface area (Å²) < 4.78 is 28.7. The van der Waals surface area contributed by atoms with E-state index in [4.69, 9.17) is 15.4 Å². The average Bonchev–Trinajstić information content (AvgIpc) is 2.37.